The molecule has 0 atom stereocenters. The van der Waals surface area contributed by atoms with Crippen LogP contribution in [0.5, 0.6) is 0 Å². The Morgan fingerprint density at radius 2 is 1.77 bits per heavy atom. The molecule has 0 aliphatic carbocycles. The summed E-state index contributed by atoms with van der Waals surface area (Å²) in [4.78, 5) is 9.30. The van der Waals surface area contributed by atoms with Crippen molar-refractivity contribution in [3.63, 3.8) is 0 Å². The van der Waals surface area contributed by atoms with Gasteiger partial charge in [0.1, 0.15) is 5.01 Å². The summed E-state index contributed by atoms with van der Waals surface area (Å²) >= 11 is 3.27. The van der Waals surface area contributed by atoms with Gasteiger partial charge in [-0.1, -0.05) is 73.3 Å². The lowest BCUT2D eigenvalue weighted by atomic mass is 10.1. The highest BCUT2D eigenvalue weighted by atomic mass is 32.2. The molecule has 0 saturated carbocycles. The molecule has 0 amide bonds. The van der Waals surface area contributed by atoms with Crippen molar-refractivity contribution in [2.45, 2.75) is 24.3 Å². The van der Waals surface area contributed by atoms with Gasteiger partial charge in [-0.25, -0.2) is 9.97 Å². The predicted octanol–water partition coefficient (Wildman–Crippen LogP) is 5.45. The number of aryl methyl sites for hydroxylation is 1. The first-order valence-electron chi connectivity index (χ1n) is 8.46. The van der Waals surface area contributed by atoms with E-state index >= 15 is 0 Å². The van der Waals surface area contributed by atoms with E-state index in [-0.39, 0.29) is 0 Å². The van der Waals surface area contributed by atoms with E-state index in [9.17, 15) is 0 Å². The van der Waals surface area contributed by atoms with E-state index in [1.54, 1.807) is 23.1 Å². The van der Waals surface area contributed by atoms with Gasteiger partial charge < -0.3 is 0 Å². The van der Waals surface area contributed by atoms with Gasteiger partial charge in [-0.15, -0.1) is 16.4 Å². The molecule has 130 valence electrons. The van der Waals surface area contributed by atoms with Gasteiger partial charge in [-0.05, 0) is 12.0 Å². The summed E-state index contributed by atoms with van der Waals surface area (Å²) in [6.07, 6.45) is 1.06. The minimum atomic E-state index is 0.741. The molecule has 0 spiro atoms. The van der Waals surface area contributed by atoms with Crippen LogP contribution in [-0.2, 0) is 12.2 Å². The van der Waals surface area contributed by atoms with Crippen molar-refractivity contribution >= 4 is 23.1 Å². The Morgan fingerprint density at radius 3 is 2.54 bits per heavy atom. The van der Waals surface area contributed by atoms with Gasteiger partial charge in [0.05, 0.1) is 5.69 Å². The lowest BCUT2D eigenvalue weighted by Crippen LogP contribution is -1.84. The first kappa shape index (κ1) is 17.0. The molecule has 0 bridgehead atoms. The molecule has 2 heterocycles. The second-order valence-electron chi connectivity index (χ2n) is 5.82. The summed E-state index contributed by atoms with van der Waals surface area (Å²) in [5.41, 5.74) is 4.62. The number of benzene rings is 2. The van der Waals surface area contributed by atoms with E-state index in [1.807, 2.05) is 30.3 Å². The Balaban J connectivity index is 1.41. The highest BCUT2D eigenvalue weighted by Gasteiger charge is 2.09. The van der Waals surface area contributed by atoms with Crippen molar-refractivity contribution in [3.05, 3.63) is 71.2 Å². The number of H-pyrrole nitrogens is 1. The lowest BCUT2D eigenvalue weighted by Gasteiger charge is -1.99. The molecule has 4 nitrogen and oxygen atoms in total. The zero-order valence-corrected chi connectivity index (χ0v) is 16.0. The topological polar surface area (TPSA) is 54.5 Å². The van der Waals surface area contributed by atoms with Gasteiger partial charge in [0.15, 0.2) is 5.82 Å². The number of aromatic amines is 1. The maximum atomic E-state index is 4.75. The fourth-order valence-corrected chi connectivity index (χ4v) is 4.19. The molecule has 6 heteroatoms. The fraction of sp³-hybridized carbons (Fsp3) is 0.150. The summed E-state index contributed by atoms with van der Waals surface area (Å²) < 4.78 is 0. The summed E-state index contributed by atoms with van der Waals surface area (Å²) in [5, 5.41) is 11.2. The zero-order chi connectivity index (χ0) is 17.8. The summed E-state index contributed by atoms with van der Waals surface area (Å²) in [6.45, 7) is 2.17. The summed E-state index contributed by atoms with van der Waals surface area (Å²) in [5.74, 6) is 1.55. The quantitative estimate of drug-likeness (QED) is 0.453. The van der Waals surface area contributed by atoms with E-state index in [2.05, 4.69) is 51.8 Å². The highest BCUT2D eigenvalue weighted by Crippen LogP contribution is 2.27. The molecule has 1 N–H and O–H groups in total. The number of aromatic nitrogens is 4. The van der Waals surface area contributed by atoms with Crippen LogP contribution in [0.3, 0.4) is 0 Å². The Kier molecular flexibility index (Phi) is 5.13. The molecule has 0 fully saturated rings. The Hall–Kier alpha value is -2.44. The van der Waals surface area contributed by atoms with Gasteiger partial charge in [0.2, 0.25) is 5.16 Å². The van der Waals surface area contributed by atoms with Crippen LogP contribution < -0.4 is 0 Å². The van der Waals surface area contributed by atoms with Gasteiger partial charge in [-0.2, -0.15) is 0 Å². The standard InChI is InChI=1S/C20H18N4S2/c1-2-14-8-10-16(11-9-14)19-21-17(12-25-19)13-26-20-22-18(23-24-20)15-6-4-3-5-7-15/h3-12H,2,13H2,1H3,(H,22,23,24). The van der Waals surface area contributed by atoms with Crippen LogP contribution in [-0.4, -0.2) is 20.2 Å². The van der Waals surface area contributed by atoms with Gasteiger partial charge >= 0.3 is 0 Å². The molecule has 2 aromatic carbocycles. The molecule has 0 radical (unpaired) electrons. The van der Waals surface area contributed by atoms with Crippen molar-refractivity contribution in [1.29, 1.82) is 0 Å². The maximum absolute atomic E-state index is 4.75. The average molecular weight is 379 g/mol. The van der Waals surface area contributed by atoms with Gasteiger partial charge in [0.25, 0.3) is 0 Å². The molecule has 0 aliphatic heterocycles. The molecule has 4 rings (SSSR count). The van der Waals surface area contributed by atoms with E-state index in [0.717, 1.165) is 39.4 Å². The molecule has 0 saturated heterocycles. The molecular formula is C20H18N4S2. The van der Waals surface area contributed by atoms with E-state index < -0.39 is 0 Å². The number of hydrogen-bond donors (Lipinski definition) is 1. The third-order valence-corrected chi connectivity index (χ3v) is 5.84. The second-order valence-corrected chi connectivity index (χ2v) is 7.62. The Morgan fingerprint density at radius 1 is 0.962 bits per heavy atom. The van der Waals surface area contributed by atoms with Crippen LogP contribution >= 0.6 is 23.1 Å². The maximum Gasteiger partial charge on any atom is 0.209 e. The number of nitrogens with one attached hydrogen (secondary N) is 1. The summed E-state index contributed by atoms with van der Waals surface area (Å²) in [6, 6.07) is 18.7. The van der Waals surface area contributed by atoms with Crippen molar-refractivity contribution in [1.82, 2.24) is 20.2 Å². The fourth-order valence-electron chi connectivity index (χ4n) is 2.56. The summed E-state index contributed by atoms with van der Waals surface area (Å²) in [7, 11) is 0. The second kappa shape index (κ2) is 7.85. The van der Waals surface area contributed by atoms with Crippen LogP contribution in [0.4, 0.5) is 0 Å². The lowest BCUT2D eigenvalue weighted by molar-refractivity contribution is 0.972. The van der Waals surface area contributed by atoms with E-state index in [0.29, 0.717) is 0 Å². The molecule has 4 aromatic rings. The SMILES string of the molecule is CCc1ccc(-c2nc(CSc3n[nH]c(-c4ccccc4)n3)cs2)cc1. The monoisotopic (exact) mass is 378 g/mol. The van der Waals surface area contributed by atoms with Crippen LogP contribution in [0.2, 0.25) is 0 Å². The molecule has 2 aromatic heterocycles. The van der Waals surface area contributed by atoms with Crippen molar-refractivity contribution in [3.8, 4) is 22.0 Å². The van der Waals surface area contributed by atoms with Crippen LogP contribution in [0, 0.1) is 0 Å². The highest BCUT2D eigenvalue weighted by molar-refractivity contribution is 7.98. The molecule has 0 unspecified atom stereocenters. The van der Waals surface area contributed by atoms with Crippen LogP contribution in [0.15, 0.2) is 65.1 Å². The smallest absolute Gasteiger partial charge is 0.209 e. The number of rotatable bonds is 6. The van der Waals surface area contributed by atoms with E-state index in [1.165, 1.54) is 11.1 Å². The number of hydrogen-bond acceptors (Lipinski definition) is 5. The molecule has 0 aliphatic rings. The minimum Gasteiger partial charge on any atom is -0.258 e. The third kappa shape index (κ3) is 3.86. The number of thiazole rings is 1. The van der Waals surface area contributed by atoms with Crippen molar-refractivity contribution < 1.29 is 0 Å². The predicted molar refractivity (Wildman–Crippen MR) is 108 cm³/mol. The van der Waals surface area contributed by atoms with Gasteiger partial charge in [0, 0.05) is 22.3 Å². The molecular weight excluding hydrogens is 360 g/mol. The van der Waals surface area contributed by atoms with Gasteiger partial charge in [-0.3, -0.25) is 5.10 Å². The normalized spacial score (nSPS) is 11.0. The first-order chi connectivity index (χ1) is 12.8. The average Bonchev–Trinajstić information content (AvgIpc) is 3.37. The Labute approximate surface area is 160 Å². The first-order valence-corrected chi connectivity index (χ1v) is 10.3. The van der Waals surface area contributed by atoms with Crippen molar-refractivity contribution in [2.24, 2.45) is 0 Å². The van der Waals surface area contributed by atoms with Crippen molar-refractivity contribution in [2.75, 3.05) is 0 Å². The number of nitrogens with zero attached hydrogens (tertiary/aromatic N) is 3. The third-order valence-electron chi connectivity index (χ3n) is 4.02. The molecule has 26 heavy (non-hydrogen) atoms. The number of thioether (sulfide) groups is 1. The van der Waals surface area contributed by atoms with E-state index in [4.69, 9.17) is 4.98 Å². The largest absolute Gasteiger partial charge is 0.258 e. The Bertz CT molecular complexity index is 974. The van der Waals surface area contributed by atoms with Crippen LogP contribution in [0.1, 0.15) is 18.2 Å². The minimum absolute atomic E-state index is 0.741. The van der Waals surface area contributed by atoms with Crippen LogP contribution in [0.25, 0.3) is 22.0 Å². The zero-order valence-electron chi connectivity index (χ0n) is 14.3.